The Bertz CT molecular complexity index is 870. The number of carboxylic acids is 1. The molecule has 0 unspecified atom stereocenters. The van der Waals surface area contributed by atoms with E-state index in [0.717, 1.165) is 10.4 Å². The van der Waals surface area contributed by atoms with Crippen molar-refractivity contribution in [3.8, 4) is 27.3 Å². The fraction of sp³-hybridized carbons (Fsp3) is 0.0556. The lowest BCUT2D eigenvalue weighted by Gasteiger charge is -2.10. The predicted octanol–water partition coefficient (Wildman–Crippen LogP) is 4.93. The van der Waals surface area contributed by atoms with E-state index in [1.54, 1.807) is 24.3 Å². The van der Waals surface area contributed by atoms with Gasteiger partial charge in [0, 0.05) is 16.0 Å². The molecule has 2 aromatic carbocycles. The number of benzene rings is 2. The highest BCUT2D eigenvalue weighted by molar-refractivity contribution is 7.14. The third-order valence-corrected chi connectivity index (χ3v) is 4.45. The number of halogens is 1. The van der Waals surface area contributed by atoms with E-state index in [1.807, 2.05) is 11.4 Å². The number of carboxylic acid groups (broad SMARTS) is 1. The molecule has 0 atom stereocenters. The van der Waals surface area contributed by atoms with Crippen LogP contribution in [0.25, 0.3) is 21.6 Å². The summed E-state index contributed by atoms with van der Waals surface area (Å²) >= 11 is 1.42. The summed E-state index contributed by atoms with van der Waals surface area (Å²) in [5.41, 5.74) is 2.27. The first kappa shape index (κ1) is 15.2. The normalized spacial score (nSPS) is 10.5. The second-order valence-electron chi connectivity index (χ2n) is 4.89. The molecule has 1 N–H and O–H groups in total. The Hall–Kier alpha value is -2.66. The average Bonchev–Trinajstić information content (AvgIpc) is 3.03. The summed E-state index contributed by atoms with van der Waals surface area (Å²) in [5, 5.41) is 11.3. The van der Waals surface area contributed by atoms with Crippen LogP contribution in [-0.2, 0) is 0 Å². The predicted molar refractivity (Wildman–Crippen MR) is 88.7 cm³/mol. The molecule has 3 nitrogen and oxygen atoms in total. The molecule has 0 aliphatic heterocycles. The smallest absolute Gasteiger partial charge is 0.336 e. The highest BCUT2D eigenvalue weighted by Gasteiger charge is 2.17. The van der Waals surface area contributed by atoms with E-state index in [2.05, 4.69) is 0 Å². The number of methoxy groups -OCH3 is 1. The molecule has 0 aliphatic carbocycles. The molecule has 0 amide bonds. The Morgan fingerprint density at radius 3 is 2.65 bits per heavy atom. The standard InChI is InChI=1S/C18H13FO3S/c1-22-13-5-6-15(16(10-13)18(20)21)17-14(7-8-23-17)11-3-2-4-12(19)9-11/h2-10H,1H3,(H,20,21). The van der Waals surface area contributed by atoms with E-state index < -0.39 is 5.97 Å². The summed E-state index contributed by atoms with van der Waals surface area (Å²) in [7, 11) is 1.49. The fourth-order valence-corrected chi connectivity index (χ4v) is 3.38. The van der Waals surface area contributed by atoms with Crippen LogP contribution in [0.3, 0.4) is 0 Å². The van der Waals surface area contributed by atoms with Gasteiger partial charge in [-0.1, -0.05) is 12.1 Å². The Balaban J connectivity index is 2.18. The van der Waals surface area contributed by atoms with Gasteiger partial charge in [0.05, 0.1) is 12.7 Å². The molecule has 0 saturated heterocycles. The molecule has 3 rings (SSSR count). The van der Waals surface area contributed by atoms with E-state index >= 15 is 0 Å². The zero-order chi connectivity index (χ0) is 16.4. The van der Waals surface area contributed by atoms with Gasteiger partial charge in [0.15, 0.2) is 0 Å². The van der Waals surface area contributed by atoms with Crippen LogP contribution in [0, 0.1) is 5.82 Å². The molecular weight excluding hydrogens is 315 g/mol. The fourth-order valence-electron chi connectivity index (χ4n) is 2.43. The number of carbonyl (C=O) groups is 1. The van der Waals surface area contributed by atoms with Crippen molar-refractivity contribution in [1.29, 1.82) is 0 Å². The molecule has 0 saturated carbocycles. The maximum atomic E-state index is 13.5. The minimum Gasteiger partial charge on any atom is -0.497 e. The average molecular weight is 328 g/mol. The first-order valence-electron chi connectivity index (χ1n) is 6.85. The Morgan fingerprint density at radius 1 is 1.13 bits per heavy atom. The van der Waals surface area contributed by atoms with E-state index in [1.165, 1.54) is 36.6 Å². The van der Waals surface area contributed by atoms with E-state index in [4.69, 9.17) is 4.74 Å². The minimum atomic E-state index is -1.03. The SMILES string of the molecule is COc1ccc(-c2sccc2-c2cccc(F)c2)c(C(=O)O)c1. The third-order valence-electron chi connectivity index (χ3n) is 3.50. The maximum absolute atomic E-state index is 13.5. The van der Waals surface area contributed by atoms with Crippen LogP contribution in [0.2, 0.25) is 0 Å². The van der Waals surface area contributed by atoms with Gasteiger partial charge in [-0.3, -0.25) is 0 Å². The summed E-state index contributed by atoms with van der Waals surface area (Å²) in [5.74, 6) is -0.875. The maximum Gasteiger partial charge on any atom is 0.336 e. The molecule has 116 valence electrons. The lowest BCUT2D eigenvalue weighted by atomic mass is 9.99. The molecule has 23 heavy (non-hydrogen) atoms. The second kappa shape index (κ2) is 6.22. The molecule has 0 bridgehead atoms. The van der Waals surface area contributed by atoms with E-state index in [0.29, 0.717) is 16.9 Å². The molecule has 0 spiro atoms. The Morgan fingerprint density at radius 2 is 1.96 bits per heavy atom. The lowest BCUT2D eigenvalue weighted by molar-refractivity contribution is 0.0697. The van der Waals surface area contributed by atoms with Gasteiger partial charge in [-0.05, 0) is 47.3 Å². The number of hydrogen-bond donors (Lipinski definition) is 1. The van der Waals surface area contributed by atoms with Crippen LogP contribution < -0.4 is 4.74 Å². The van der Waals surface area contributed by atoms with Gasteiger partial charge in [-0.25, -0.2) is 9.18 Å². The first-order valence-corrected chi connectivity index (χ1v) is 7.73. The zero-order valence-electron chi connectivity index (χ0n) is 12.2. The van der Waals surface area contributed by atoms with E-state index in [9.17, 15) is 14.3 Å². The summed E-state index contributed by atoms with van der Waals surface area (Å²) in [6.07, 6.45) is 0. The summed E-state index contributed by atoms with van der Waals surface area (Å²) in [6.45, 7) is 0. The van der Waals surface area contributed by atoms with Gasteiger partial charge in [0.25, 0.3) is 0 Å². The Labute approximate surface area is 136 Å². The quantitative estimate of drug-likeness (QED) is 0.739. The molecule has 5 heteroatoms. The summed E-state index contributed by atoms with van der Waals surface area (Å²) in [6, 6.07) is 13.1. The molecule has 3 aromatic rings. The number of hydrogen-bond acceptors (Lipinski definition) is 3. The number of ether oxygens (including phenoxy) is 1. The van der Waals surface area contributed by atoms with Gasteiger partial charge in [-0.15, -0.1) is 11.3 Å². The summed E-state index contributed by atoms with van der Waals surface area (Å²) in [4.78, 5) is 12.4. The number of rotatable bonds is 4. The zero-order valence-corrected chi connectivity index (χ0v) is 13.1. The van der Waals surface area contributed by atoms with Gasteiger partial charge in [0.2, 0.25) is 0 Å². The molecule has 0 radical (unpaired) electrons. The van der Waals surface area contributed by atoms with Crippen LogP contribution in [-0.4, -0.2) is 18.2 Å². The van der Waals surface area contributed by atoms with Gasteiger partial charge in [-0.2, -0.15) is 0 Å². The van der Waals surface area contributed by atoms with Crippen molar-refractivity contribution in [3.05, 3.63) is 65.3 Å². The second-order valence-corrected chi connectivity index (χ2v) is 5.81. The van der Waals surface area contributed by atoms with Gasteiger partial charge < -0.3 is 9.84 Å². The van der Waals surface area contributed by atoms with Gasteiger partial charge >= 0.3 is 5.97 Å². The minimum absolute atomic E-state index is 0.157. The van der Waals surface area contributed by atoms with Crippen molar-refractivity contribution >= 4 is 17.3 Å². The van der Waals surface area contributed by atoms with Crippen molar-refractivity contribution in [2.24, 2.45) is 0 Å². The molecule has 0 aliphatic rings. The Kier molecular flexibility index (Phi) is 4.12. The molecular formula is C18H13FO3S. The molecule has 1 aromatic heterocycles. The number of aromatic carboxylic acids is 1. The van der Waals surface area contributed by atoms with Crippen LogP contribution in [0.1, 0.15) is 10.4 Å². The van der Waals surface area contributed by atoms with Crippen LogP contribution in [0.4, 0.5) is 4.39 Å². The van der Waals surface area contributed by atoms with Crippen molar-refractivity contribution < 1.29 is 19.0 Å². The van der Waals surface area contributed by atoms with Crippen molar-refractivity contribution in [3.63, 3.8) is 0 Å². The monoisotopic (exact) mass is 328 g/mol. The topological polar surface area (TPSA) is 46.5 Å². The number of thiophene rings is 1. The third kappa shape index (κ3) is 2.96. The van der Waals surface area contributed by atoms with Crippen molar-refractivity contribution in [2.45, 2.75) is 0 Å². The highest BCUT2D eigenvalue weighted by atomic mass is 32.1. The first-order chi connectivity index (χ1) is 11.1. The largest absolute Gasteiger partial charge is 0.497 e. The van der Waals surface area contributed by atoms with Gasteiger partial charge in [0.1, 0.15) is 11.6 Å². The summed E-state index contributed by atoms with van der Waals surface area (Å²) < 4.78 is 18.6. The highest BCUT2D eigenvalue weighted by Crippen LogP contribution is 2.39. The lowest BCUT2D eigenvalue weighted by Crippen LogP contribution is -2.00. The van der Waals surface area contributed by atoms with Crippen LogP contribution in [0.15, 0.2) is 53.9 Å². The van der Waals surface area contributed by atoms with Crippen LogP contribution >= 0.6 is 11.3 Å². The van der Waals surface area contributed by atoms with Crippen molar-refractivity contribution in [1.82, 2.24) is 0 Å². The van der Waals surface area contributed by atoms with Crippen molar-refractivity contribution in [2.75, 3.05) is 7.11 Å². The molecule has 1 heterocycles. The van der Waals surface area contributed by atoms with E-state index in [-0.39, 0.29) is 11.4 Å². The van der Waals surface area contributed by atoms with Crippen LogP contribution in [0.5, 0.6) is 5.75 Å². The molecule has 0 fully saturated rings.